The zero-order chi connectivity index (χ0) is 39.8. The lowest BCUT2D eigenvalue weighted by atomic mass is 10.1. The monoisotopic (exact) mass is 757 g/mol. The van der Waals surface area contributed by atoms with Crippen LogP contribution in [0.15, 0.2) is 78.9 Å². The number of likely N-dealkylation sites (tertiary alicyclic amines) is 1. The quantitative estimate of drug-likeness (QED) is 0.106. The molecule has 0 saturated carbocycles. The number of carboxylic acids is 2. The first-order valence-corrected chi connectivity index (χ1v) is 15.6. The lowest BCUT2D eigenvalue weighted by Gasteiger charge is -2.32. The van der Waals surface area contributed by atoms with Crippen LogP contribution in [0.5, 0.6) is 11.5 Å². The Morgan fingerprint density at radius 3 is 1.85 bits per heavy atom. The number of benzene rings is 3. The number of alkyl halides is 6. The van der Waals surface area contributed by atoms with Crippen molar-refractivity contribution in [3.63, 3.8) is 0 Å². The number of aliphatic carboxylic acids is 2. The third-order valence-corrected chi connectivity index (χ3v) is 7.14. The Kier molecular flexibility index (Phi) is 16.6. The summed E-state index contributed by atoms with van der Waals surface area (Å²) in [6.45, 7) is 2.39. The number of carbonyl (C=O) groups excluding carboxylic acids is 2. The number of nitrogens with two attached hydrogens (primary N) is 2. The highest BCUT2D eigenvalue weighted by atomic mass is 19.4. The molecule has 0 aromatic heterocycles. The molecule has 53 heavy (non-hydrogen) atoms. The molecule has 288 valence electrons. The zero-order valence-corrected chi connectivity index (χ0v) is 27.9. The van der Waals surface area contributed by atoms with E-state index in [9.17, 15) is 35.9 Å². The normalized spacial score (nSPS) is 12.9. The molecule has 0 bridgehead atoms. The first-order chi connectivity index (χ1) is 24.8. The van der Waals surface area contributed by atoms with Crippen molar-refractivity contribution in [3.05, 3.63) is 95.6 Å². The van der Waals surface area contributed by atoms with Gasteiger partial charge in [-0.2, -0.15) is 26.3 Å². The molecule has 1 aliphatic rings. The number of nitrogens with zero attached hydrogens (tertiary/aromatic N) is 2. The summed E-state index contributed by atoms with van der Waals surface area (Å²) in [5.41, 5.74) is 13.2. The van der Waals surface area contributed by atoms with E-state index >= 15 is 0 Å². The average Bonchev–Trinajstić information content (AvgIpc) is 3.11. The summed E-state index contributed by atoms with van der Waals surface area (Å²) < 4.78 is 75.5. The fraction of sp³-hybridized carbons (Fsp3) is 0.324. The molecule has 2 amide bonds. The van der Waals surface area contributed by atoms with E-state index in [-0.39, 0.29) is 36.9 Å². The van der Waals surface area contributed by atoms with E-state index in [0.29, 0.717) is 48.8 Å². The number of ether oxygens (including phenoxy) is 2. The number of nitrogens with one attached hydrogen (secondary N) is 1. The molecule has 0 spiro atoms. The summed E-state index contributed by atoms with van der Waals surface area (Å²) in [4.78, 5) is 46.6. The van der Waals surface area contributed by atoms with Crippen molar-refractivity contribution >= 4 is 29.6 Å². The van der Waals surface area contributed by atoms with Gasteiger partial charge in [0, 0.05) is 43.6 Å². The van der Waals surface area contributed by atoms with Crippen molar-refractivity contribution in [1.29, 1.82) is 5.41 Å². The smallest absolute Gasteiger partial charge is 0.490 e. The minimum atomic E-state index is -5.08. The predicted octanol–water partition coefficient (Wildman–Crippen LogP) is 4.29. The maximum atomic E-state index is 13.5. The summed E-state index contributed by atoms with van der Waals surface area (Å²) in [5.74, 6) is -4.40. The van der Waals surface area contributed by atoms with Crippen LogP contribution in [-0.4, -0.2) is 101 Å². The lowest BCUT2D eigenvalue weighted by Crippen LogP contribution is -2.44. The van der Waals surface area contributed by atoms with Crippen LogP contribution >= 0.6 is 0 Å². The minimum absolute atomic E-state index is 0.0154. The second-order valence-corrected chi connectivity index (χ2v) is 11.0. The second kappa shape index (κ2) is 20.3. The number of amides is 2. The van der Waals surface area contributed by atoms with E-state index in [1.165, 1.54) is 0 Å². The van der Waals surface area contributed by atoms with E-state index in [1.54, 1.807) is 46.2 Å². The third kappa shape index (κ3) is 15.5. The number of hydrogen-bond acceptors (Lipinski definition) is 8. The predicted molar refractivity (Wildman–Crippen MR) is 177 cm³/mol. The lowest BCUT2D eigenvalue weighted by molar-refractivity contribution is -0.193. The van der Waals surface area contributed by atoms with Gasteiger partial charge in [-0.05, 0) is 42.0 Å². The summed E-state index contributed by atoms with van der Waals surface area (Å²) in [6, 6.07) is 24.0. The van der Waals surface area contributed by atoms with E-state index in [2.05, 4.69) is 0 Å². The van der Waals surface area contributed by atoms with Gasteiger partial charge in [0.1, 0.15) is 30.0 Å². The van der Waals surface area contributed by atoms with E-state index < -0.39 is 24.3 Å². The molecule has 19 heteroatoms. The molecular formula is C34H37F6N5O8. The van der Waals surface area contributed by atoms with Crippen molar-refractivity contribution < 1.29 is 65.2 Å². The first-order valence-electron chi connectivity index (χ1n) is 15.6. The summed E-state index contributed by atoms with van der Waals surface area (Å²) >= 11 is 0. The Morgan fingerprint density at radius 1 is 0.811 bits per heavy atom. The van der Waals surface area contributed by atoms with Crippen LogP contribution in [0.25, 0.3) is 0 Å². The van der Waals surface area contributed by atoms with Crippen molar-refractivity contribution in [3.8, 4) is 11.5 Å². The Morgan fingerprint density at radius 2 is 1.36 bits per heavy atom. The van der Waals surface area contributed by atoms with Crippen molar-refractivity contribution in [2.75, 3.05) is 32.8 Å². The van der Waals surface area contributed by atoms with Gasteiger partial charge in [0.15, 0.2) is 0 Å². The number of nitrogen functional groups attached to an aromatic ring is 1. The number of carboxylic acid groups (broad SMARTS) is 2. The van der Waals surface area contributed by atoms with Gasteiger partial charge in [-0.15, -0.1) is 0 Å². The van der Waals surface area contributed by atoms with E-state index in [1.807, 2.05) is 42.5 Å². The molecule has 1 aliphatic heterocycles. The SMILES string of the molecule is N=C(N)c1cccc(OCCN(Cc2ccccc2)C(=O)c2ccc(OC3CCN(C(=O)CN)CC3)cc2)c1.O=C(O)C(F)(F)F.O=C(O)C(F)(F)F. The van der Waals surface area contributed by atoms with Gasteiger partial charge in [-0.1, -0.05) is 42.5 Å². The molecule has 0 radical (unpaired) electrons. The maximum Gasteiger partial charge on any atom is 0.490 e. The highest BCUT2D eigenvalue weighted by Crippen LogP contribution is 2.21. The van der Waals surface area contributed by atoms with E-state index in [0.717, 1.165) is 18.4 Å². The molecule has 1 saturated heterocycles. The molecule has 0 atom stereocenters. The van der Waals surface area contributed by atoms with Crippen LogP contribution in [0.3, 0.4) is 0 Å². The Bertz CT molecular complexity index is 1640. The average molecular weight is 758 g/mol. The van der Waals surface area contributed by atoms with Crippen LogP contribution in [0.2, 0.25) is 0 Å². The molecule has 0 unspecified atom stereocenters. The molecule has 13 nitrogen and oxygen atoms in total. The molecule has 7 N–H and O–H groups in total. The maximum absolute atomic E-state index is 13.5. The highest BCUT2D eigenvalue weighted by Gasteiger charge is 2.39. The summed E-state index contributed by atoms with van der Waals surface area (Å²) in [7, 11) is 0. The van der Waals surface area contributed by atoms with Gasteiger partial charge in [-0.3, -0.25) is 15.0 Å². The first kappa shape index (κ1) is 43.3. The van der Waals surface area contributed by atoms with Crippen LogP contribution in [0, 0.1) is 5.41 Å². The van der Waals surface area contributed by atoms with Gasteiger partial charge in [0.05, 0.1) is 13.1 Å². The standard InChI is InChI=1S/C30H35N5O4.2C2HF3O2/c31-20-28(36)34-15-13-26(14-16-34)39-25-11-9-23(10-12-25)30(37)35(21-22-5-2-1-3-6-22)17-18-38-27-8-4-7-24(19-27)29(32)33;2*3-2(4,5)1(6)7/h1-12,19,26H,13-18,20-21,31H2,(H3,32,33);2*(H,6,7). The highest BCUT2D eigenvalue weighted by molar-refractivity contribution is 5.95. The fourth-order valence-electron chi connectivity index (χ4n) is 4.49. The molecule has 3 aromatic carbocycles. The van der Waals surface area contributed by atoms with Gasteiger partial charge in [0.25, 0.3) is 5.91 Å². The Hall–Kier alpha value is -5.85. The number of rotatable bonds is 11. The van der Waals surface area contributed by atoms with Crippen LogP contribution < -0.4 is 20.9 Å². The number of hydrogen-bond donors (Lipinski definition) is 5. The zero-order valence-electron chi connectivity index (χ0n) is 27.9. The number of carbonyl (C=O) groups is 4. The van der Waals surface area contributed by atoms with Gasteiger partial charge >= 0.3 is 24.3 Å². The van der Waals surface area contributed by atoms with Crippen molar-refractivity contribution in [2.45, 2.75) is 37.8 Å². The largest absolute Gasteiger partial charge is 0.492 e. The summed E-state index contributed by atoms with van der Waals surface area (Å²) in [6.07, 6.45) is -8.67. The van der Waals surface area contributed by atoms with Crippen molar-refractivity contribution in [1.82, 2.24) is 9.80 Å². The van der Waals surface area contributed by atoms with Gasteiger partial charge in [-0.25, -0.2) is 9.59 Å². The van der Waals surface area contributed by atoms with Crippen LogP contribution in [0.4, 0.5) is 26.3 Å². The molecule has 1 heterocycles. The summed E-state index contributed by atoms with van der Waals surface area (Å²) in [5, 5.41) is 21.9. The fourth-order valence-corrected chi connectivity index (χ4v) is 4.49. The minimum Gasteiger partial charge on any atom is -0.492 e. The topological polar surface area (TPSA) is 210 Å². The number of amidine groups is 1. The number of piperidine rings is 1. The molecule has 4 rings (SSSR count). The Labute approximate surface area is 299 Å². The van der Waals surface area contributed by atoms with E-state index in [4.69, 9.17) is 46.2 Å². The molecule has 0 aliphatic carbocycles. The Balaban J connectivity index is 0.000000587. The third-order valence-electron chi connectivity index (χ3n) is 7.14. The van der Waals surface area contributed by atoms with Crippen molar-refractivity contribution in [2.24, 2.45) is 11.5 Å². The van der Waals surface area contributed by atoms with Gasteiger partial charge < -0.3 is 41.0 Å². The van der Waals surface area contributed by atoms with Gasteiger partial charge in [0.2, 0.25) is 5.91 Å². The van der Waals surface area contributed by atoms with Crippen LogP contribution in [-0.2, 0) is 20.9 Å². The van der Waals surface area contributed by atoms with Crippen LogP contribution in [0.1, 0.15) is 34.3 Å². The number of halogens is 6. The molecular weight excluding hydrogens is 720 g/mol. The molecule has 1 fully saturated rings. The second-order valence-electron chi connectivity index (χ2n) is 11.0. The molecule has 3 aromatic rings.